The van der Waals surface area contributed by atoms with Gasteiger partial charge in [0.2, 0.25) is 5.91 Å². The Balaban J connectivity index is 1.23. The first-order valence-electron chi connectivity index (χ1n) is 11.0. The quantitative estimate of drug-likeness (QED) is 0.305. The van der Waals surface area contributed by atoms with Crippen LogP contribution >= 0.6 is 11.8 Å². The predicted molar refractivity (Wildman–Crippen MR) is 137 cm³/mol. The zero-order valence-electron chi connectivity index (χ0n) is 18.9. The summed E-state index contributed by atoms with van der Waals surface area (Å²) < 4.78 is 7.82. The minimum Gasteiger partial charge on any atom is -0.486 e. The van der Waals surface area contributed by atoms with E-state index in [-0.39, 0.29) is 11.2 Å². The van der Waals surface area contributed by atoms with Gasteiger partial charge in [-0.2, -0.15) is 0 Å². The molecule has 0 unspecified atom stereocenters. The molecule has 0 saturated heterocycles. The number of amides is 1. The number of nitrogens with one attached hydrogen (secondary N) is 1. The fourth-order valence-electron chi connectivity index (χ4n) is 3.76. The molecule has 1 aromatic heterocycles. The van der Waals surface area contributed by atoms with Crippen LogP contribution in [0.3, 0.4) is 0 Å². The number of nitrogens with zero attached hydrogens (tertiary/aromatic N) is 3. The molecule has 0 spiro atoms. The number of carbonyl (C=O) groups excluding carboxylic acids is 1. The highest BCUT2D eigenvalue weighted by atomic mass is 32.2. The zero-order valence-corrected chi connectivity index (χ0v) is 19.8. The van der Waals surface area contributed by atoms with Crippen LogP contribution in [0.25, 0.3) is 21.5 Å². The van der Waals surface area contributed by atoms with Crippen LogP contribution in [0.5, 0.6) is 5.75 Å². The number of fused-ring (bicyclic) bond motifs is 2. The van der Waals surface area contributed by atoms with Gasteiger partial charge in [-0.3, -0.25) is 4.79 Å². The average Bonchev–Trinajstić information content (AvgIpc) is 3.21. The lowest BCUT2D eigenvalue weighted by Crippen LogP contribution is -2.23. The summed E-state index contributed by atoms with van der Waals surface area (Å²) in [4.78, 5) is 12.9. The molecule has 0 aliphatic carbocycles. The van der Waals surface area contributed by atoms with E-state index in [2.05, 4.69) is 27.6 Å². The number of rotatable bonds is 7. The fraction of sp³-hybridized carbons (Fsp3) is 0.148. The van der Waals surface area contributed by atoms with Gasteiger partial charge in [0.25, 0.3) is 0 Å². The molecular weight excluding hydrogens is 444 g/mol. The SMILES string of the molecule is C[C@@H](Sc1nnc(COc2ccc3ccccc3c2)n1C)C(=O)Nc1cccc2ccccc12. The first-order valence-corrected chi connectivity index (χ1v) is 11.9. The second kappa shape index (κ2) is 9.57. The molecule has 0 bridgehead atoms. The maximum Gasteiger partial charge on any atom is 0.237 e. The summed E-state index contributed by atoms with van der Waals surface area (Å²) in [7, 11) is 1.89. The van der Waals surface area contributed by atoms with Crippen molar-refractivity contribution in [3.05, 3.63) is 90.8 Å². The lowest BCUT2D eigenvalue weighted by molar-refractivity contribution is -0.115. The molecule has 0 aliphatic heterocycles. The van der Waals surface area contributed by atoms with Crippen LogP contribution in [0.15, 0.2) is 90.1 Å². The van der Waals surface area contributed by atoms with Crippen molar-refractivity contribution in [1.82, 2.24) is 14.8 Å². The van der Waals surface area contributed by atoms with Crippen LogP contribution in [0.1, 0.15) is 12.7 Å². The fourth-order valence-corrected chi connectivity index (χ4v) is 4.59. The van der Waals surface area contributed by atoms with Crippen molar-refractivity contribution >= 4 is 44.9 Å². The summed E-state index contributed by atoms with van der Waals surface area (Å²) in [5.41, 5.74) is 0.804. The Hall–Kier alpha value is -3.84. The Bertz CT molecular complexity index is 1480. The molecule has 34 heavy (non-hydrogen) atoms. The van der Waals surface area contributed by atoms with E-state index < -0.39 is 0 Å². The van der Waals surface area contributed by atoms with Gasteiger partial charge in [0.05, 0.1) is 5.25 Å². The van der Waals surface area contributed by atoms with Crippen molar-refractivity contribution in [3.63, 3.8) is 0 Å². The molecule has 1 heterocycles. The molecule has 4 aromatic carbocycles. The largest absolute Gasteiger partial charge is 0.486 e. The summed E-state index contributed by atoms with van der Waals surface area (Å²) in [6.07, 6.45) is 0. The monoisotopic (exact) mass is 468 g/mol. The Morgan fingerprint density at radius 3 is 2.53 bits per heavy atom. The van der Waals surface area contributed by atoms with E-state index in [1.807, 2.05) is 91.3 Å². The number of hydrogen-bond acceptors (Lipinski definition) is 5. The third-order valence-electron chi connectivity index (χ3n) is 5.71. The third kappa shape index (κ3) is 4.61. The van der Waals surface area contributed by atoms with Gasteiger partial charge < -0.3 is 14.6 Å². The molecule has 5 rings (SSSR count). The Labute approximate surface area is 202 Å². The van der Waals surface area contributed by atoms with Crippen molar-refractivity contribution in [2.24, 2.45) is 7.05 Å². The van der Waals surface area contributed by atoms with Crippen LogP contribution in [-0.2, 0) is 18.4 Å². The number of benzene rings is 4. The van der Waals surface area contributed by atoms with Crippen LogP contribution in [-0.4, -0.2) is 25.9 Å². The predicted octanol–water partition coefficient (Wildman–Crippen LogP) is 5.82. The molecule has 0 saturated carbocycles. The minimum absolute atomic E-state index is 0.0849. The van der Waals surface area contributed by atoms with Crippen LogP contribution < -0.4 is 10.1 Å². The van der Waals surface area contributed by atoms with Gasteiger partial charge in [0.15, 0.2) is 11.0 Å². The first-order chi connectivity index (χ1) is 16.6. The van der Waals surface area contributed by atoms with E-state index >= 15 is 0 Å². The van der Waals surface area contributed by atoms with Crippen LogP contribution in [0, 0.1) is 0 Å². The number of carbonyl (C=O) groups is 1. The van der Waals surface area contributed by atoms with Gasteiger partial charge in [0.1, 0.15) is 12.4 Å². The summed E-state index contributed by atoms with van der Waals surface area (Å²) in [5, 5.41) is 16.3. The number of thioether (sulfide) groups is 1. The smallest absolute Gasteiger partial charge is 0.237 e. The highest BCUT2D eigenvalue weighted by molar-refractivity contribution is 8.00. The van der Waals surface area contributed by atoms with Gasteiger partial charge in [-0.15, -0.1) is 10.2 Å². The normalized spacial score (nSPS) is 12.1. The Kier molecular flexibility index (Phi) is 6.18. The third-order valence-corrected chi connectivity index (χ3v) is 6.85. The summed E-state index contributed by atoms with van der Waals surface area (Å²) in [5.74, 6) is 1.38. The highest BCUT2D eigenvalue weighted by Gasteiger charge is 2.20. The molecule has 170 valence electrons. The molecule has 1 N–H and O–H groups in total. The average molecular weight is 469 g/mol. The lowest BCUT2D eigenvalue weighted by atomic mass is 10.1. The molecule has 0 radical (unpaired) electrons. The van der Waals surface area contributed by atoms with Gasteiger partial charge in [-0.05, 0) is 41.3 Å². The highest BCUT2D eigenvalue weighted by Crippen LogP contribution is 2.27. The molecule has 0 fully saturated rings. The molecule has 0 aliphatic rings. The first kappa shape index (κ1) is 22.0. The second-order valence-corrected chi connectivity index (χ2v) is 9.34. The van der Waals surface area contributed by atoms with Gasteiger partial charge in [-0.1, -0.05) is 78.5 Å². The van der Waals surface area contributed by atoms with Crippen molar-refractivity contribution in [1.29, 1.82) is 0 Å². The molecule has 6 nitrogen and oxygen atoms in total. The van der Waals surface area contributed by atoms with E-state index in [9.17, 15) is 4.79 Å². The molecule has 7 heteroatoms. The molecule has 1 amide bonds. The minimum atomic E-state index is -0.351. The van der Waals surface area contributed by atoms with E-state index in [0.29, 0.717) is 17.6 Å². The number of aromatic nitrogens is 3. The maximum atomic E-state index is 12.9. The van der Waals surface area contributed by atoms with Crippen LogP contribution in [0.4, 0.5) is 5.69 Å². The molecule has 5 aromatic rings. The topological polar surface area (TPSA) is 69.0 Å². The van der Waals surface area contributed by atoms with Crippen molar-refractivity contribution in [2.45, 2.75) is 23.9 Å². The standard InChI is InChI=1S/C27H24N4O2S/c1-18(26(32)28-24-13-7-11-20-9-5-6-12-23(20)24)34-27-30-29-25(31(27)2)17-33-22-15-14-19-8-3-4-10-21(19)16-22/h3-16,18H,17H2,1-2H3,(H,28,32)/t18-/m1/s1. The van der Waals surface area contributed by atoms with Gasteiger partial charge in [-0.25, -0.2) is 0 Å². The van der Waals surface area contributed by atoms with Gasteiger partial charge in [0, 0.05) is 18.1 Å². The van der Waals surface area contributed by atoms with Gasteiger partial charge >= 0.3 is 0 Å². The number of hydrogen-bond donors (Lipinski definition) is 1. The van der Waals surface area contributed by atoms with E-state index in [4.69, 9.17) is 4.74 Å². The lowest BCUT2D eigenvalue weighted by Gasteiger charge is -2.13. The van der Waals surface area contributed by atoms with E-state index in [1.54, 1.807) is 0 Å². The molecule has 1 atom stereocenters. The van der Waals surface area contributed by atoms with E-state index in [0.717, 1.165) is 27.6 Å². The van der Waals surface area contributed by atoms with Crippen LogP contribution in [0.2, 0.25) is 0 Å². The van der Waals surface area contributed by atoms with E-state index in [1.165, 1.54) is 17.1 Å². The number of anilines is 1. The summed E-state index contributed by atoms with van der Waals surface area (Å²) in [6, 6.07) is 28.1. The summed E-state index contributed by atoms with van der Waals surface area (Å²) >= 11 is 1.37. The van der Waals surface area contributed by atoms with Crippen molar-refractivity contribution in [3.8, 4) is 5.75 Å². The second-order valence-electron chi connectivity index (χ2n) is 8.03. The Morgan fingerprint density at radius 2 is 1.68 bits per heavy atom. The number of ether oxygens (including phenoxy) is 1. The molecular formula is C27H24N4O2S. The maximum absolute atomic E-state index is 12.9. The zero-order chi connectivity index (χ0) is 23.5. The van der Waals surface area contributed by atoms with Crippen molar-refractivity contribution in [2.75, 3.05) is 5.32 Å². The summed E-state index contributed by atoms with van der Waals surface area (Å²) in [6.45, 7) is 2.16. The Morgan fingerprint density at radius 1 is 0.941 bits per heavy atom. The van der Waals surface area contributed by atoms with Crippen molar-refractivity contribution < 1.29 is 9.53 Å².